The van der Waals surface area contributed by atoms with Crippen LogP contribution in [0.2, 0.25) is 0 Å². The minimum absolute atomic E-state index is 0. The Kier molecular flexibility index (Phi) is 5.97. The molecule has 2 heterocycles. The van der Waals surface area contributed by atoms with Gasteiger partial charge in [-0.15, -0.1) is 12.4 Å². The van der Waals surface area contributed by atoms with Gasteiger partial charge in [-0.1, -0.05) is 0 Å². The summed E-state index contributed by atoms with van der Waals surface area (Å²) in [5.41, 5.74) is 0.467. The number of carbonyl (C=O) groups excluding carboxylic acids is 2. The average Bonchev–Trinajstić information content (AvgIpc) is 3.05. The third-order valence-corrected chi connectivity index (χ3v) is 7.34. The van der Waals surface area contributed by atoms with Crippen molar-refractivity contribution in [3.8, 4) is 5.75 Å². The van der Waals surface area contributed by atoms with Crippen molar-refractivity contribution in [1.82, 2.24) is 10.2 Å². The van der Waals surface area contributed by atoms with Gasteiger partial charge in [-0.2, -0.15) is 0 Å². The summed E-state index contributed by atoms with van der Waals surface area (Å²) in [6.45, 7) is 3.50. The first-order valence-electron chi connectivity index (χ1n) is 10.6. The molecule has 2 saturated carbocycles. The van der Waals surface area contributed by atoms with Crippen molar-refractivity contribution in [2.24, 2.45) is 29.6 Å². The molecule has 1 amide bonds. The molecule has 2 aliphatic heterocycles. The number of esters is 1. The van der Waals surface area contributed by atoms with Gasteiger partial charge in [0.05, 0.1) is 18.8 Å². The Morgan fingerprint density at radius 3 is 2.33 bits per heavy atom. The Bertz CT molecular complexity index is 793. The molecule has 0 aromatic heterocycles. The van der Waals surface area contributed by atoms with E-state index < -0.39 is 6.10 Å². The third kappa shape index (κ3) is 3.79. The van der Waals surface area contributed by atoms with E-state index in [1.54, 1.807) is 24.3 Å². The summed E-state index contributed by atoms with van der Waals surface area (Å²) in [6, 6.07) is 6.79. The van der Waals surface area contributed by atoms with Crippen LogP contribution >= 0.6 is 12.4 Å². The first-order chi connectivity index (χ1) is 14.0. The lowest BCUT2D eigenvalue weighted by atomic mass is 9.78. The molecule has 1 aromatic carbocycles. The Labute approximate surface area is 182 Å². The van der Waals surface area contributed by atoms with Crippen LogP contribution in [0.1, 0.15) is 23.2 Å². The van der Waals surface area contributed by atoms with Gasteiger partial charge < -0.3 is 24.8 Å². The van der Waals surface area contributed by atoms with E-state index in [0.29, 0.717) is 47.3 Å². The lowest BCUT2D eigenvalue weighted by Crippen LogP contribution is -2.42. The van der Waals surface area contributed by atoms with Gasteiger partial charge in [-0.3, -0.25) is 4.79 Å². The molecule has 4 aliphatic rings. The van der Waals surface area contributed by atoms with Gasteiger partial charge in [0.1, 0.15) is 11.9 Å². The molecule has 164 valence electrons. The fraction of sp³-hybridized carbons (Fsp3) is 0.636. The maximum absolute atomic E-state index is 12.9. The number of amides is 1. The number of nitrogens with zero attached hydrogens (tertiary/aromatic N) is 1. The second kappa shape index (κ2) is 8.36. The lowest BCUT2D eigenvalue weighted by molar-refractivity contribution is -0.132. The first-order valence-corrected chi connectivity index (χ1v) is 10.6. The number of likely N-dealkylation sites (tertiary alicyclic amines) is 1. The van der Waals surface area contributed by atoms with E-state index in [-0.39, 0.29) is 30.4 Å². The number of halogens is 1. The second-order valence-corrected chi connectivity index (χ2v) is 8.99. The summed E-state index contributed by atoms with van der Waals surface area (Å²) in [5.74, 6) is 2.60. The summed E-state index contributed by atoms with van der Waals surface area (Å²) in [6.07, 6.45) is 0.571. The van der Waals surface area contributed by atoms with Crippen molar-refractivity contribution < 1.29 is 24.2 Å². The molecule has 2 saturated heterocycles. The van der Waals surface area contributed by atoms with Crippen LogP contribution in [-0.4, -0.2) is 67.4 Å². The van der Waals surface area contributed by atoms with Crippen LogP contribution in [0.3, 0.4) is 0 Å². The zero-order chi connectivity index (χ0) is 20.1. The Morgan fingerprint density at radius 2 is 1.70 bits per heavy atom. The molecule has 1 aromatic rings. The third-order valence-electron chi connectivity index (χ3n) is 7.34. The highest BCUT2D eigenvalue weighted by atomic mass is 35.5. The molecule has 2 aliphatic carbocycles. The van der Waals surface area contributed by atoms with Crippen LogP contribution in [0.4, 0.5) is 0 Å². The van der Waals surface area contributed by atoms with Crippen LogP contribution in [-0.2, 0) is 9.53 Å². The summed E-state index contributed by atoms with van der Waals surface area (Å²) < 4.78 is 10.8. The standard InChI is InChI=1S/C22H28N2O5.ClH/c1-28-22(27)12-2-4-15(5-3-12)29-19-7-14-11-24(10-13(14)6-18(19)25)21(26)20-16-8-23-9-17(16)20;/h2-5,13-14,16-20,23,25H,6-11H2,1H3;1H/t13-,14+,16-,17+,18+,19+,20?;/m0./s1. The number of hydrogen-bond acceptors (Lipinski definition) is 6. The van der Waals surface area contributed by atoms with E-state index in [4.69, 9.17) is 9.47 Å². The zero-order valence-electron chi connectivity index (χ0n) is 17.0. The van der Waals surface area contributed by atoms with Crippen LogP contribution < -0.4 is 10.1 Å². The molecule has 0 spiro atoms. The van der Waals surface area contributed by atoms with Crippen molar-refractivity contribution in [3.63, 3.8) is 0 Å². The number of hydrogen-bond donors (Lipinski definition) is 2. The Hall–Kier alpha value is -1.83. The van der Waals surface area contributed by atoms with Gasteiger partial charge in [-0.05, 0) is 73.9 Å². The highest BCUT2D eigenvalue weighted by molar-refractivity contribution is 5.89. The Balaban J connectivity index is 0.00000218. The van der Waals surface area contributed by atoms with Gasteiger partial charge in [0.25, 0.3) is 0 Å². The van der Waals surface area contributed by atoms with Gasteiger partial charge in [-0.25, -0.2) is 4.79 Å². The van der Waals surface area contributed by atoms with Gasteiger partial charge >= 0.3 is 5.97 Å². The predicted octanol–water partition coefficient (Wildman–Crippen LogP) is 1.34. The number of methoxy groups -OCH3 is 1. The van der Waals surface area contributed by atoms with Crippen LogP contribution in [0, 0.1) is 29.6 Å². The second-order valence-electron chi connectivity index (χ2n) is 8.99. The SMILES string of the molecule is COC(=O)c1ccc(O[C@@H]2C[C@@H]3CN(C(=O)C4[C@H]5CNC[C@@H]45)C[C@@H]3C[C@H]2O)cc1.Cl. The van der Waals surface area contributed by atoms with Crippen molar-refractivity contribution >= 4 is 24.3 Å². The number of rotatable bonds is 4. The van der Waals surface area contributed by atoms with Crippen molar-refractivity contribution in [3.05, 3.63) is 29.8 Å². The monoisotopic (exact) mass is 436 g/mol. The van der Waals surface area contributed by atoms with Gasteiger partial charge in [0.15, 0.2) is 0 Å². The maximum Gasteiger partial charge on any atom is 0.337 e. The molecule has 2 N–H and O–H groups in total. The number of nitrogens with one attached hydrogen (secondary N) is 1. The smallest absolute Gasteiger partial charge is 0.337 e. The fourth-order valence-corrected chi connectivity index (χ4v) is 5.65. The number of carbonyl (C=O) groups is 2. The van der Waals surface area contributed by atoms with E-state index in [1.807, 2.05) is 4.90 Å². The normalized spacial score (nSPS) is 36.3. The minimum atomic E-state index is -0.545. The van der Waals surface area contributed by atoms with Gasteiger partial charge in [0.2, 0.25) is 5.91 Å². The molecule has 5 rings (SSSR count). The van der Waals surface area contributed by atoms with E-state index in [1.165, 1.54) is 7.11 Å². The largest absolute Gasteiger partial charge is 0.488 e. The highest BCUT2D eigenvalue weighted by Gasteiger charge is 2.59. The molecule has 0 bridgehead atoms. The molecular formula is C22H29ClN2O5. The van der Waals surface area contributed by atoms with Crippen molar-refractivity contribution in [2.45, 2.75) is 25.0 Å². The number of ether oxygens (including phenoxy) is 2. The molecule has 7 nitrogen and oxygen atoms in total. The van der Waals surface area contributed by atoms with Crippen LogP contribution in [0.5, 0.6) is 5.75 Å². The van der Waals surface area contributed by atoms with Gasteiger partial charge in [0, 0.05) is 19.0 Å². The van der Waals surface area contributed by atoms with E-state index in [2.05, 4.69) is 5.32 Å². The lowest BCUT2D eigenvalue weighted by Gasteiger charge is -2.35. The number of benzene rings is 1. The highest BCUT2D eigenvalue weighted by Crippen LogP contribution is 2.50. The zero-order valence-corrected chi connectivity index (χ0v) is 17.8. The van der Waals surface area contributed by atoms with Crippen LogP contribution in [0.25, 0.3) is 0 Å². The molecule has 8 heteroatoms. The molecular weight excluding hydrogens is 408 g/mol. The van der Waals surface area contributed by atoms with Crippen molar-refractivity contribution in [1.29, 1.82) is 0 Å². The van der Waals surface area contributed by atoms with E-state index in [9.17, 15) is 14.7 Å². The number of aliphatic hydroxyl groups excluding tert-OH is 1. The molecule has 0 radical (unpaired) electrons. The molecule has 4 fully saturated rings. The average molecular weight is 437 g/mol. The fourth-order valence-electron chi connectivity index (χ4n) is 5.65. The minimum Gasteiger partial charge on any atom is -0.488 e. The summed E-state index contributed by atoms with van der Waals surface area (Å²) in [4.78, 5) is 26.5. The summed E-state index contributed by atoms with van der Waals surface area (Å²) >= 11 is 0. The van der Waals surface area contributed by atoms with Crippen LogP contribution in [0.15, 0.2) is 24.3 Å². The number of aliphatic hydroxyl groups is 1. The van der Waals surface area contributed by atoms with E-state index >= 15 is 0 Å². The summed E-state index contributed by atoms with van der Waals surface area (Å²) in [5, 5.41) is 14.0. The number of fused-ring (bicyclic) bond motifs is 2. The first kappa shape index (κ1) is 21.4. The number of piperidine rings is 1. The molecule has 1 unspecified atom stereocenters. The predicted molar refractivity (Wildman–Crippen MR) is 112 cm³/mol. The summed E-state index contributed by atoms with van der Waals surface area (Å²) in [7, 11) is 1.35. The maximum atomic E-state index is 12.9. The molecule has 7 atom stereocenters. The topological polar surface area (TPSA) is 88.1 Å². The Morgan fingerprint density at radius 1 is 1.07 bits per heavy atom. The van der Waals surface area contributed by atoms with Crippen molar-refractivity contribution in [2.75, 3.05) is 33.3 Å². The molecule has 30 heavy (non-hydrogen) atoms. The van der Waals surface area contributed by atoms with E-state index in [0.717, 1.165) is 32.6 Å². The quantitative estimate of drug-likeness (QED) is 0.692.